The first-order chi connectivity index (χ1) is 8.97. The van der Waals surface area contributed by atoms with Crippen LogP contribution in [0.5, 0.6) is 0 Å². The molecule has 1 aromatic carbocycles. The van der Waals surface area contributed by atoms with Gasteiger partial charge in [0.2, 0.25) is 5.95 Å². The molecule has 0 bridgehead atoms. The van der Waals surface area contributed by atoms with Gasteiger partial charge in [-0.05, 0) is 30.7 Å². The van der Waals surface area contributed by atoms with Crippen molar-refractivity contribution < 1.29 is 4.39 Å². The Morgan fingerprint density at radius 2 is 2.05 bits per heavy atom. The van der Waals surface area contributed by atoms with Gasteiger partial charge in [0.1, 0.15) is 5.82 Å². The second-order valence-corrected chi connectivity index (χ2v) is 5.27. The number of nitrogens with one attached hydrogen (secondary N) is 1. The van der Waals surface area contributed by atoms with Crippen LogP contribution in [0.2, 0.25) is 0 Å². The maximum Gasteiger partial charge on any atom is 0.222 e. The SMILES string of the molecule is Cc1ccnc(NCC(C)(C)c2cccc(F)c2)n1. The van der Waals surface area contributed by atoms with Crippen LogP contribution in [0.15, 0.2) is 36.5 Å². The van der Waals surface area contributed by atoms with Crippen molar-refractivity contribution in [3.63, 3.8) is 0 Å². The summed E-state index contributed by atoms with van der Waals surface area (Å²) in [6.45, 7) is 6.68. The van der Waals surface area contributed by atoms with E-state index in [9.17, 15) is 4.39 Å². The maximum atomic E-state index is 13.3. The van der Waals surface area contributed by atoms with Crippen molar-refractivity contribution in [1.82, 2.24) is 9.97 Å². The standard InChI is InChI=1S/C15H18FN3/c1-11-7-8-17-14(19-11)18-10-15(2,3)12-5-4-6-13(16)9-12/h4-9H,10H2,1-3H3,(H,17,18,19). The van der Waals surface area contributed by atoms with Crippen LogP contribution in [-0.4, -0.2) is 16.5 Å². The van der Waals surface area contributed by atoms with Crippen LogP contribution in [0.3, 0.4) is 0 Å². The monoisotopic (exact) mass is 259 g/mol. The Morgan fingerprint density at radius 1 is 1.26 bits per heavy atom. The molecular formula is C15H18FN3. The molecule has 0 unspecified atom stereocenters. The number of aromatic nitrogens is 2. The lowest BCUT2D eigenvalue weighted by Gasteiger charge is -2.25. The molecule has 2 aromatic rings. The fourth-order valence-electron chi connectivity index (χ4n) is 1.85. The molecule has 0 atom stereocenters. The number of hydrogen-bond acceptors (Lipinski definition) is 3. The number of nitrogens with zero attached hydrogens (tertiary/aromatic N) is 2. The summed E-state index contributed by atoms with van der Waals surface area (Å²) in [7, 11) is 0. The molecule has 4 heteroatoms. The number of rotatable bonds is 4. The first kappa shape index (κ1) is 13.5. The van der Waals surface area contributed by atoms with E-state index in [0.717, 1.165) is 11.3 Å². The Bertz CT molecular complexity index is 567. The number of aryl methyl sites for hydroxylation is 1. The van der Waals surface area contributed by atoms with Gasteiger partial charge in [-0.25, -0.2) is 14.4 Å². The predicted octanol–water partition coefficient (Wildman–Crippen LogP) is 3.31. The minimum atomic E-state index is -0.211. The molecule has 1 N–H and O–H groups in total. The van der Waals surface area contributed by atoms with Crippen LogP contribution < -0.4 is 5.32 Å². The molecule has 0 fully saturated rings. The molecule has 0 aliphatic carbocycles. The average Bonchev–Trinajstić information content (AvgIpc) is 2.37. The summed E-state index contributed by atoms with van der Waals surface area (Å²) >= 11 is 0. The van der Waals surface area contributed by atoms with Gasteiger partial charge in [0, 0.05) is 23.9 Å². The molecule has 1 heterocycles. The van der Waals surface area contributed by atoms with E-state index in [2.05, 4.69) is 29.1 Å². The highest BCUT2D eigenvalue weighted by Gasteiger charge is 2.21. The van der Waals surface area contributed by atoms with Crippen LogP contribution >= 0.6 is 0 Å². The van der Waals surface area contributed by atoms with Gasteiger partial charge < -0.3 is 5.32 Å². The van der Waals surface area contributed by atoms with Crippen molar-refractivity contribution >= 4 is 5.95 Å². The highest BCUT2D eigenvalue weighted by atomic mass is 19.1. The molecule has 2 rings (SSSR count). The first-order valence-electron chi connectivity index (χ1n) is 6.27. The third-order valence-corrected chi connectivity index (χ3v) is 3.09. The maximum absolute atomic E-state index is 13.3. The van der Waals surface area contributed by atoms with Crippen molar-refractivity contribution in [3.8, 4) is 0 Å². The lowest BCUT2D eigenvalue weighted by atomic mass is 9.84. The van der Waals surface area contributed by atoms with E-state index in [-0.39, 0.29) is 11.2 Å². The van der Waals surface area contributed by atoms with E-state index in [0.29, 0.717) is 12.5 Å². The summed E-state index contributed by atoms with van der Waals surface area (Å²) in [5, 5.41) is 3.20. The van der Waals surface area contributed by atoms with Gasteiger partial charge >= 0.3 is 0 Å². The van der Waals surface area contributed by atoms with Gasteiger partial charge in [0.25, 0.3) is 0 Å². The van der Waals surface area contributed by atoms with E-state index in [1.165, 1.54) is 6.07 Å². The van der Waals surface area contributed by atoms with Crippen LogP contribution in [-0.2, 0) is 5.41 Å². The fourth-order valence-corrected chi connectivity index (χ4v) is 1.85. The second-order valence-electron chi connectivity index (χ2n) is 5.27. The van der Waals surface area contributed by atoms with Crippen molar-refractivity contribution in [2.24, 2.45) is 0 Å². The lowest BCUT2D eigenvalue weighted by molar-refractivity contribution is 0.544. The zero-order valence-electron chi connectivity index (χ0n) is 11.4. The molecule has 19 heavy (non-hydrogen) atoms. The molecule has 0 radical (unpaired) electrons. The molecule has 0 aliphatic heterocycles. The van der Waals surface area contributed by atoms with E-state index in [1.807, 2.05) is 19.1 Å². The normalized spacial score (nSPS) is 11.4. The topological polar surface area (TPSA) is 37.8 Å². The van der Waals surface area contributed by atoms with Gasteiger partial charge in [0.05, 0.1) is 0 Å². The van der Waals surface area contributed by atoms with E-state index in [4.69, 9.17) is 0 Å². The van der Waals surface area contributed by atoms with Gasteiger partial charge in [-0.2, -0.15) is 0 Å². The minimum Gasteiger partial charge on any atom is -0.353 e. The van der Waals surface area contributed by atoms with Gasteiger partial charge in [-0.15, -0.1) is 0 Å². The van der Waals surface area contributed by atoms with Crippen molar-refractivity contribution in [2.75, 3.05) is 11.9 Å². The second kappa shape index (κ2) is 5.34. The zero-order valence-corrected chi connectivity index (χ0v) is 11.4. The van der Waals surface area contributed by atoms with Crippen molar-refractivity contribution in [1.29, 1.82) is 0 Å². The zero-order chi connectivity index (χ0) is 13.9. The summed E-state index contributed by atoms with van der Waals surface area (Å²) in [5.74, 6) is 0.391. The quantitative estimate of drug-likeness (QED) is 0.915. The predicted molar refractivity (Wildman–Crippen MR) is 74.7 cm³/mol. The summed E-state index contributed by atoms with van der Waals surface area (Å²) in [6.07, 6.45) is 1.72. The molecule has 0 saturated heterocycles. The Labute approximate surface area is 112 Å². The van der Waals surface area contributed by atoms with Gasteiger partial charge in [-0.1, -0.05) is 26.0 Å². The largest absolute Gasteiger partial charge is 0.353 e. The summed E-state index contributed by atoms with van der Waals surface area (Å²) in [4.78, 5) is 8.45. The first-order valence-corrected chi connectivity index (χ1v) is 6.27. The third-order valence-electron chi connectivity index (χ3n) is 3.09. The molecule has 0 amide bonds. The third kappa shape index (κ3) is 3.50. The Kier molecular flexibility index (Phi) is 3.79. The summed E-state index contributed by atoms with van der Waals surface area (Å²) in [5.41, 5.74) is 1.67. The molecular weight excluding hydrogens is 241 g/mol. The van der Waals surface area contributed by atoms with E-state index < -0.39 is 0 Å². The number of hydrogen-bond donors (Lipinski definition) is 1. The van der Waals surface area contributed by atoms with Crippen molar-refractivity contribution in [2.45, 2.75) is 26.2 Å². The molecule has 0 saturated carbocycles. The van der Waals surface area contributed by atoms with E-state index >= 15 is 0 Å². The van der Waals surface area contributed by atoms with E-state index in [1.54, 1.807) is 18.3 Å². The smallest absolute Gasteiger partial charge is 0.222 e. The van der Waals surface area contributed by atoms with Gasteiger partial charge in [-0.3, -0.25) is 0 Å². The fraction of sp³-hybridized carbons (Fsp3) is 0.333. The average molecular weight is 259 g/mol. The minimum absolute atomic E-state index is 0.199. The Morgan fingerprint density at radius 3 is 2.74 bits per heavy atom. The van der Waals surface area contributed by atoms with Crippen LogP contribution in [0.25, 0.3) is 0 Å². The summed E-state index contributed by atoms with van der Waals surface area (Å²) < 4.78 is 13.3. The van der Waals surface area contributed by atoms with Crippen LogP contribution in [0.4, 0.5) is 10.3 Å². The number of benzene rings is 1. The summed E-state index contributed by atoms with van der Waals surface area (Å²) in [6, 6.07) is 8.54. The molecule has 0 spiro atoms. The van der Waals surface area contributed by atoms with Crippen LogP contribution in [0, 0.1) is 12.7 Å². The lowest BCUT2D eigenvalue weighted by Crippen LogP contribution is -2.28. The Balaban J connectivity index is 2.09. The molecule has 100 valence electrons. The number of halogens is 1. The highest BCUT2D eigenvalue weighted by Crippen LogP contribution is 2.23. The molecule has 0 aliphatic rings. The highest BCUT2D eigenvalue weighted by molar-refractivity contribution is 5.30. The number of anilines is 1. The van der Waals surface area contributed by atoms with Crippen molar-refractivity contribution in [3.05, 3.63) is 53.6 Å². The molecule has 1 aromatic heterocycles. The molecule has 3 nitrogen and oxygen atoms in total. The van der Waals surface area contributed by atoms with Gasteiger partial charge in [0.15, 0.2) is 0 Å². The van der Waals surface area contributed by atoms with Crippen LogP contribution in [0.1, 0.15) is 25.1 Å². The Hall–Kier alpha value is -1.97.